The molecule has 3 rings (SSSR count). The van der Waals surface area contributed by atoms with Crippen molar-refractivity contribution in [2.24, 2.45) is 0 Å². The topological polar surface area (TPSA) is 50.2 Å². The third-order valence-corrected chi connectivity index (χ3v) is 4.02. The summed E-state index contributed by atoms with van der Waals surface area (Å²) in [6.45, 7) is 1.74. The Bertz CT molecular complexity index is 892. The molecule has 0 spiro atoms. The molecule has 110 valence electrons. The maximum Gasteiger partial charge on any atom is 0.336 e. The number of nitrogens with zero attached hydrogens (tertiary/aromatic N) is 1. The van der Waals surface area contributed by atoms with Crippen LogP contribution in [-0.4, -0.2) is 16.1 Å². The highest BCUT2D eigenvalue weighted by Crippen LogP contribution is 2.34. The predicted octanol–water partition coefficient (Wildman–Crippen LogP) is 5.22. The van der Waals surface area contributed by atoms with Gasteiger partial charge in [0.05, 0.1) is 21.8 Å². The van der Waals surface area contributed by atoms with Gasteiger partial charge in [-0.05, 0) is 24.6 Å². The third-order valence-electron chi connectivity index (χ3n) is 3.51. The lowest BCUT2D eigenvalue weighted by atomic mass is 9.98. The van der Waals surface area contributed by atoms with E-state index in [2.05, 4.69) is 4.98 Å². The van der Waals surface area contributed by atoms with Gasteiger partial charge >= 0.3 is 5.97 Å². The Labute approximate surface area is 137 Å². The average molecular weight is 332 g/mol. The van der Waals surface area contributed by atoms with Crippen molar-refractivity contribution < 1.29 is 9.90 Å². The van der Waals surface area contributed by atoms with Gasteiger partial charge in [-0.15, -0.1) is 0 Å². The summed E-state index contributed by atoms with van der Waals surface area (Å²) >= 11 is 12.2. The van der Waals surface area contributed by atoms with Gasteiger partial charge in [0, 0.05) is 16.0 Å². The van der Waals surface area contributed by atoms with E-state index in [0.717, 1.165) is 5.56 Å². The van der Waals surface area contributed by atoms with Gasteiger partial charge in [-0.3, -0.25) is 0 Å². The van der Waals surface area contributed by atoms with Crippen LogP contribution < -0.4 is 0 Å². The van der Waals surface area contributed by atoms with E-state index in [1.54, 1.807) is 19.1 Å². The monoisotopic (exact) mass is 331 g/mol. The number of carboxylic acids is 1. The van der Waals surface area contributed by atoms with Gasteiger partial charge in [-0.25, -0.2) is 9.78 Å². The van der Waals surface area contributed by atoms with E-state index < -0.39 is 5.97 Å². The molecule has 0 saturated carbocycles. The van der Waals surface area contributed by atoms with Crippen LogP contribution in [0.25, 0.3) is 22.2 Å². The second-order valence-electron chi connectivity index (χ2n) is 4.92. The SMILES string of the molecule is Cc1c(-c2ccccc2)nc2c(Cl)cc(Cl)cc2c1C(=O)O. The molecule has 22 heavy (non-hydrogen) atoms. The molecule has 0 unspecified atom stereocenters. The Balaban J connectivity index is 2.47. The molecule has 3 aromatic rings. The summed E-state index contributed by atoms with van der Waals surface area (Å²) < 4.78 is 0. The fourth-order valence-electron chi connectivity index (χ4n) is 2.54. The molecule has 3 nitrogen and oxygen atoms in total. The minimum Gasteiger partial charge on any atom is -0.478 e. The van der Waals surface area contributed by atoms with Crippen LogP contribution in [-0.2, 0) is 0 Å². The first-order valence-corrected chi connectivity index (χ1v) is 7.32. The molecule has 1 heterocycles. The molecule has 1 N–H and O–H groups in total. The number of hydrogen-bond donors (Lipinski definition) is 1. The Hall–Kier alpha value is -2.10. The Morgan fingerprint density at radius 3 is 2.45 bits per heavy atom. The van der Waals surface area contributed by atoms with Crippen LogP contribution >= 0.6 is 23.2 Å². The number of aromatic nitrogens is 1. The van der Waals surface area contributed by atoms with Gasteiger partial charge in [0.1, 0.15) is 0 Å². The van der Waals surface area contributed by atoms with E-state index in [1.807, 2.05) is 30.3 Å². The van der Waals surface area contributed by atoms with E-state index in [-0.39, 0.29) is 5.56 Å². The van der Waals surface area contributed by atoms with E-state index in [4.69, 9.17) is 23.2 Å². The lowest BCUT2D eigenvalue weighted by Gasteiger charge is -2.13. The standard InChI is InChI=1S/C17H11Cl2NO2/c1-9-14(17(21)22)12-7-11(18)8-13(19)16(12)20-15(9)10-5-3-2-4-6-10/h2-8H,1H3,(H,21,22). The molecule has 0 aliphatic carbocycles. The van der Waals surface area contributed by atoms with Gasteiger partial charge in [-0.1, -0.05) is 53.5 Å². The Kier molecular flexibility index (Phi) is 3.77. The summed E-state index contributed by atoms with van der Waals surface area (Å²) in [6.07, 6.45) is 0. The number of pyridine rings is 1. The lowest BCUT2D eigenvalue weighted by Crippen LogP contribution is -2.05. The van der Waals surface area contributed by atoms with E-state index in [0.29, 0.717) is 32.2 Å². The first-order chi connectivity index (χ1) is 10.5. The number of rotatable bonds is 2. The second-order valence-corrected chi connectivity index (χ2v) is 5.76. The van der Waals surface area contributed by atoms with Crippen molar-refractivity contribution in [1.29, 1.82) is 0 Å². The molecule has 0 bridgehead atoms. The maximum absolute atomic E-state index is 11.7. The highest BCUT2D eigenvalue weighted by molar-refractivity contribution is 6.38. The van der Waals surface area contributed by atoms with E-state index in [1.165, 1.54) is 0 Å². The van der Waals surface area contributed by atoms with Crippen molar-refractivity contribution in [2.45, 2.75) is 6.92 Å². The smallest absolute Gasteiger partial charge is 0.336 e. The zero-order chi connectivity index (χ0) is 15.9. The molecule has 0 amide bonds. The van der Waals surface area contributed by atoms with Crippen LogP contribution in [0.1, 0.15) is 15.9 Å². The normalized spacial score (nSPS) is 10.9. The van der Waals surface area contributed by atoms with Crippen LogP contribution in [0, 0.1) is 6.92 Å². The zero-order valence-corrected chi connectivity index (χ0v) is 13.1. The number of carboxylic acid groups (broad SMARTS) is 1. The first-order valence-electron chi connectivity index (χ1n) is 6.57. The van der Waals surface area contributed by atoms with Crippen LogP contribution in [0.5, 0.6) is 0 Å². The minimum absolute atomic E-state index is 0.174. The van der Waals surface area contributed by atoms with Crippen molar-refractivity contribution in [3.8, 4) is 11.3 Å². The summed E-state index contributed by atoms with van der Waals surface area (Å²) in [6, 6.07) is 12.6. The number of carbonyl (C=O) groups is 1. The number of aromatic carboxylic acids is 1. The highest BCUT2D eigenvalue weighted by Gasteiger charge is 2.20. The Morgan fingerprint density at radius 1 is 1.14 bits per heavy atom. The summed E-state index contributed by atoms with van der Waals surface area (Å²) in [5.74, 6) is -1.03. The number of fused-ring (bicyclic) bond motifs is 1. The molecule has 5 heteroatoms. The summed E-state index contributed by atoms with van der Waals surface area (Å²) in [5, 5.41) is 10.8. The fourth-order valence-corrected chi connectivity index (χ4v) is 3.07. The van der Waals surface area contributed by atoms with E-state index >= 15 is 0 Å². The van der Waals surface area contributed by atoms with Gasteiger partial charge in [0.25, 0.3) is 0 Å². The minimum atomic E-state index is -1.03. The molecule has 0 saturated heterocycles. The zero-order valence-electron chi connectivity index (χ0n) is 11.6. The molecular weight excluding hydrogens is 321 g/mol. The van der Waals surface area contributed by atoms with Crippen LogP contribution in [0.15, 0.2) is 42.5 Å². The number of benzene rings is 2. The van der Waals surface area contributed by atoms with Crippen molar-refractivity contribution in [2.75, 3.05) is 0 Å². The molecule has 2 aromatic carbocycles. The summed E-state index contributed by atoms with van der Waals surface area (Å²) in [5.41, 5.74) is 2.65. The highest BCUT2D eigenvalue weighted by atomic mass is 35.5. The van der Waals surface area contributed by atoms with Crippen molar-refractivity contribution >= 4 is 40.1 Å². The van der Waals surface area contributed by atoms with Crippen molar-refractivity contribution in [3.05, 3.63) is 63.6 Å². The van der Waals surface area contributed by atoms with Gasteiger partial charge in [0.15, 0.2) is 0 Å². The second kappa shape index (κ2) is 5.59. The maximum atomic E-state index is 11.7. The average Bonchev–Trinajstić information content (AvgIpc) is 2.47. The fraction of sp³-hybridized carbons (Fsp3) is 0.0588. The lowest BCUT2D eigenvalue weighted by molar-refractivity contribution is 0.0698. The van der Waals surface area contributed by atoms with Crippen LogP contribution in [0.3, 0.4) is 0 Å². The summed E-state index contributed by atoms with van der Waals surface area (Å²) in [4.78, 5) is 16.3. The van der Waals surface area contributed by atoms with E-state index in [9.17, 15) is 9.90 Å². The van der Waals surface area contributed by atoms with Gasteiger partial charge < -0.3 is 5.11 Å². The van der Waals surface area contributed by atoms with Crippen molar-refractivity contribution in [3.63, 3.8) is 0 Å². The third kappa shape index (κ3) is 2.43. The molecule has 1 aromatic heterocycles. The predicted molar refractivity (Wildman–Crippen MR) is 88.9 cm³/mol. The molecule has 0 atom stereocenters. The first kappa shape index (κ1) is 14.8. The number of halogens is 2. The van der Waals surface area contributed by atoms with Crippen LogP contribution in [0.2, 0.25) is 10.0 Å². The largest absolute Gasteiger partial charge is 0.478 e. The van der Waals surface area contributed by atoms with Crippen LogP contribution in [0.4, 0.5) is 0 Å². The quantitative estimate of drug-likeness (QED) is 0.700. The molecule has 0 fully saturated rings. The van der Waals surface area contributed by atoms with Crippen molar-refractivity contribution in [1.82, 2.24) is 4.98 Å². The molecule has 0 aliphatic heterocycles. The Morgan fingerprint density at radius 2 is 1.82 bits per heavy atom. The van der Waals surface area contributed by atoms with Gasteiger partial charge in [0.2, 0.25) is 0 Å². The molecule has 0 aliphatic rings. The number of hydrogen-bond acceptors (Lipinski definition) is 2. The molecule has 0 radical (unpaired) electrons. The summed E-state index contributed by atoms with van der Waals surface area (Å²) in [7, 11) is 0. The van der Waals surface area contributed by atoms with Gasteiger partial charge in [-0.2, -0.15) is 0 Å². The molecular formula is C17H11Cl2NO2.